The number of hydrogen-bond donors (Lipinski definition) is 1. The van der Waals surface area contributed by atoms with Gasteiger partial charge in [0, 0.05) is 38.4 Å². The predicted octanol–water partition coefficient (Wildman–Crippen LogP) is 3.59. The lowest BCUT2D eigenvalue weighted by atomic mass is 9.89. The van der Waals surface area contributed by atoms with E-state index < -0.39 is 0 Å². The van der Waals surface area contributed by atoms with Crippen molar-refractivity contribution in [2.24, 2.45) is 0 Å². The van der Waals surface area contributed by atoms with E-state index in [1.54, 1.807) is 0 Å². The van der Waals surface area contributed by atoms with Crippen molar-refractivity contribution in [2.45, 2.75) is 57.2 Å². The Morgan fingerprint density at radius 2 is 1.88 bits per heavy atom. The van der Waals surface area contributed by atoms with E-state index >= 15 is 0 Å². The zero-order chi connectivity index (χ0) is 21.6. The lowest BCUT2D eigenvalue weighted by Gasteiger charge is -2.38. The minimum atomic E-state index is 0.460. The molecule has 5 rings (SSSR count). The fourth-order valence-electron chi connectivity index (χ4n) is 5.72. The number of ether oxygens (including phenoxy) is 1. The Labute approximate surface area is 193 Å². The summed E-state index contributed by atoms with van der Waals surface area (Å²) in [5, 5.41) is 3.83. The highest BCUT2D eigenvalue weighted by Gasteiger charge is 2.29. The molecule has 1 N–H and O–H groups in total. The fourth-order valence-corrected chi connectivity index (χ4v) is 5.72. The number of aromatic nitrogens is 1. The summed E-state index contributed by atoms with van der Waals surface area (Å²) in [6.07, 6.45) is 9.31. The normalized spacial score (nSPS) is 23.7. The molecule has 1 aliphatic carbocycles. The summed E-state index contributed by atoms with van der Waals surface area (Å²) in [6, 6.07) is 14.3. The van der Waals surface area contributed by atoms with Crippen LogP contribution in [0.3, 0.4) is 0 Å². The van der Waals surface area contributed by atoms with Crippen LogP contribution in [0.4, 0.5) is 0 Å². The van der Waals surface area contributed by atoms with Crippen LogP contribution in [-0.4, -0.2) is 66.8 Å². The summed E-state index contributed by atoms with van der Waals surface area (Å²) in [6.45, 7) is 8.43. The number of benzene rings is 1. The molecule has 1 saturated heterocycles. The van der Waals surface area contributed by atoms with E-state index in [0.717, 1.165) is 52.4 Å². The highest BCUT2D eigenvalue weighted by atomic mass is 16.5. The first-order valence-electron chi connectivity index (χ1n) is 12.6. The molecule has 1 aromatic heterocycles. The van der Waals surface area contributed by atoms with Crippen LogP contribution in [0, 0.1) is 0 Å². The van der Waals surface area contributed by atoms with Crippen LogP contribution >= 0.6 is 0 Å². The van der Waals surface area contributed by atoms with Gasteiger partial charge in [0.2, 0.25) is 0 Å². The summed E-state index contributed by atoms with van der Waals surface area (Å²) in [7, 11) is 0. The number of pyridine rings is 1. The minimum Gasteiger partial charge on any atom is -0.379 e. The highest BCUT2D eigenvalue weighted by molar-refractivity contribution is 5.30. The smallest absolute Gasteiger partial charge is 0.0607 e. The van der Waals surface area contributed by atoms with Crippen LogP contribution in [0.2, 0.25) is 0 Å². The maximum Gasteiger partial charge on any atom is 0.0607 e. The van der Waals surface area contributed by atoms with Gasteiger partial charge >= 0.3 is 0 Å². The highest BCUT2D eigenvalue weighted by Crippen LogP contribution is 2.33. The van der Waals surface area contributed by atoms with Gasteiger partial charge in [-0.3, -0.25) is 14.8 Å². The number of fused-ring (bicyclic) bond motifs is 2. The van der Waals surface area contributed by atoms with Crippen molar-refractivity contribution in [1.82, 2.24) is 20.1 Å². The third-order valence-corrected chi connectivity index (χ3v) is 7.50. The summed E-state index contributed by atoms with van der Waals surface area (Å²) in [5.74, 6) is 0. The van der Waals surface area contributed by atoms with E-state index in [9.17, 15) is 0 Å². The van der Waals surface area contributed by atoms with Crippen molar-refractivity contribution in [3.63, 3.8) is 0 Å². The lowest BCUT2D eigenvalue weighted by Crippen LogP contribution is -2.46. The Kier molecular flexibility index (Phi) is 7.49. The van der Waals surface area contributed by atoms with Crippen LogP contribution in [-0.2, 0) is 24.1 Å². The van der Waals surface area contributed by atoms with Gasteiger partial charge < -0.3 is 10.1 Å². The number of rotatable bonds is 8. The molecule has 3 aliphatic rings. The number of nitrogens with one attached hydrogen (secondary N) is 1. The summed E-state index contributed by atoms with van der Waals surface area (Å²) in [4.78, 5) is 10.2. The molecule has 172 valence electrons. The number of morpholine rings is 1. The molecular weight excluding hydrogens is 396 g/mol. The molecule has 0 amide bonds. The standard InChI is InChI=1S/C27H38N4O/c1-2-8-24-20-29-25(19-23(24)7-1)21-31(14-4-3-13-30-15-17-32-18-16-30)26-11-5-9-22-10-6-12-28-27(22)26/h1-2,6-8,10,12,25-26,29H,3-5,9,11,13-21H2/t25-,26+/m1/s1. The molecule has 0 radical (unpaired) electrons. The number of nitrogens with zero attached hydrogens (tertiary/aromatic N) is 3. The quantitative estimate of drug-likeness (QED) is 0.643. The SMILES string of the molecule is c1ccc2c(c1)CN[C@@H](CN(CCCCN1CCOCC1)[C@H]1CCCc3cccnc31)C2. The zero-order valence-corrected chi connectivity index (χ0v) is 19.3. The van der Waals surface area contributed by atoms with Crippen molar-refractivity contribution in [1.29, 1.82) is 0 Å². The first-order chi connectivity index (χ1) is 15.9. The summed E-state index contributed by atoms with van der Waals surface area (Å²) < 4.78 is 5.50. The van der Waals surface area contributed by atoms with E-state index in [2.05, 4.69) is 51.5 Å². The van der Waals surface area contributed by atoms with Gasteiger partial charge in [0.25, 0.3) is 0 Å². The second-order valence-electron chi connectivity index (χ2n) is 9.66. The van der Waals surface area contributed by atoms with Crippen LogP contribution in [0.25, 0.3) is 0 Å². The van der Waals surface area contributed by atoms with Crippen LogP contribution in [0.15, 0.2) is 42.6 Å². The van der Waals surface area contributed by atoms with Crippen LogP contribution in [0.5, 0.6) is 0 Å². The third-order valence-electron chi connectivity index (χ3n) is 7.50. The molecule has 0 unspecified atom stereocenters. The molecule has 0 saturated carbocycles. The van der Waals surface area contributed by atoms with Crippen molar-refractivity contribution in [3.8, 4) is 0 Å². The molecular formula is C27H38N4O. The summed E-state index contributed by atoms with van der Waals surface area (Å²) in [5.41, 5.74) is 5.78. The largest absolute Gasteiger partial charge is 0.379 e. The average molecular weight is 435 g/mol. The fraction of sp³-hybridized carbons (Fsp3) is 0.593. The molecule has 0 bridgehead atoms. The van der Waals surface area contributed by atoms with E-state index in [1.807, 2.05) is 6.20 Å². The van der Waals surface area contributed by atoms with Crippen LogP contribution < -0.4 is 5.32 Å². The molecule has 3 heterocycles. The van der Waals surface area contributed by atoms with Gasteiger partial charge in [-0.15, -0.1) is 0 Å². The van der Waals surface area contributed by atoms with Gasteiger partial charge in [-0.2, -0.15) is 0 Å². The first-order valence-corrected chi connectivity index (χ1v) is 12.6. The molecule has 2 aliphatic heterocycles. The second-order valence-corrected chi connectivity index (χ2v) is 9.66. The second kappa shape index (κ2) is 10.9. The monoisotopic (exact) mass is 434 g/mol. The van der Waals surface area contributed by atoms with Crippen LogP contribution in [0.1, 0.15) is 54.1 Å². The minimum absolute atomic E-state index is 0.460. The van der Waals surface area contributed by atoms with E-state index in [0.29, 0.717) is 12.1 Å². The van der Waals surface area contributed by atoms with Crippen molar-refractivity contribution in [2.75, 3.05) is 45.9 Å². The van der Waals surface area contributed by atoms with Crippen molar-refractivity contribution >= 4 is 0 Å². The van der Waals surface area contributed by atoms with E-state index in [4.69, 9.17) is 9.72 Å². The van der Waals surface area contributed by atoms with E-state index in [-0.39, 0.29) is 0 Å². The Hall–Kier alpha value is -1.79. The van der Waals surface area contributed by atoms with Gasteiger partial charge in [0.1, 0.15) is 0 Å². The lowest BCUT2D eigenvalue weighted by molar-refractivity contribution is 0.0365. The number of hydrogen-bond acceptors (Lipinski definition) is 5. The third kappa shape index (κ3) is 5.40. The Balaban J connectivity index is 1.25. The molecule has 1 fully saturated rings. The molecule has 5 nitrogen and oxygen atoms in total. The Bertz CT molecular complexity index is 866. The number of unbranched alkanes of at least 4 members (excludes halogenated alkanes) is 1. The van der Waals surface area contributed by atoms with Gasteiger partial charge in [-0.05, 0) is 74.4 Å². The topological polar surface area (TPSA) is 40.6 Å². The number of aryl methyl sites for hydroxylation is 1. The molecule has 2 aromatic rings. The molecule has 5 heteroatoms. The van der Waals surface area contributed by atoms with Gasteiger partial charge in [0.05, 0.1) is 24.9 Å². The maximum atomic E-state index is 5.50. The molecule has 32 heavy (non-hydrogen) atoms. The average Bonchev–Trinajstić information content (AvgIpc) is 2.86. The summed E-state index contributed by atoms with van der Waals surface area (Å²) >= 11 is 0. The maximum absolute atomic E-state index is 5.50. The van der Waals surface area contributed by atoms with Crippen molar-refractivity contribution < 1.29 is 4.74 Å². The van der Waals surface area contributed by atoms with Gasteiger partial charge in [-0.25, -0.2) is 0 Å². The zero-order valence-electron chi connectivity index (χ0n) is 19.3. The van der Waals surface area contributed by atoms with Crippen molar-refractivity contribution in [3.05, 3.63) is 65.0 Å². The molecule has 1 aromatic carbocycles. The van der Waals surface area contributed by atoms with Gasteiger partial charge in [-0.1, -0.05) is 30.3 Å². The van der Waals surface area contributed by atoms with Gasteiger partial charge in [0.15, 0.2) is 0 Å². The van der Waals surface area contributed by atoms with E-state index in [1.165, 1.54) is 61.0 Å². The first kappa shape index (κ1) is 22.0. The molecule has 2 atom stereocenters. The Morgan fingerprint density at radius 3 is 2.78 bits per heavy atom. The Morgan fingerprint density at radius 1 is 1.03 bits per heavy atom. The predicted molar refractivity (Wildman–Crippen MR) is 129 cm³/mol. The molecule has 0 spiro atoms.